The standard InChI is InChI=1S/C19H22N4O2/c1-14-6-8-16(9-7-14)23-18(11-15(2)21-23)20-19(24)13-22(3)12-17-5-4-10-25-17/h4-11H,12-13H2,1-3H3,(H,20,24)/p+1. The van der Waals surface area contributed by atoms with Crippen LogP contribution in [0.2, 0.25) is 0 Å². The first kappa shape index (κ1) is 17.0. The van der Waals surface area contributed by atoms with E-state index >= 15 is 0 Å². The van der Waals surface area contributed by atoms with E-state index in [4.69, 9.17) is 4.42 Å². The maximum Gasteiger partial charge on any atom is 0.280 e. The van der Waals surface area contributed by atoms with Gasteiger partial charge in [0.15, 0.2) is 12.3 Å². The van der Waals surface area contributed by atoms with E-state index in [-0.39, 0.29) is 5.91 Å². The van der Waals surface area contributed by atoms with Crippen molar-refractivity contribution in [3.05, 3.63) is 65.7 Å². The van der Waals surface area contributed by atoms with E-state index in [1.807, 2.05) is 63.4 Å². The number of anilines is 1. The van der Waals surface area contributed by atoms with Crippen LogP contribution >= 0.6 is 0 Å². The third kappa shape index (κ3) is 4.36. The Balaban J connectivity index is 1.68. The number of carbonyl (C=O) groups excluding carboxylic acids is 1. The molecule has 2 heterocycles. The molecular formula is C19H23N4O2+. The highest BCUT2D eigenvalue weighted by atomic mass is 16.3. The smallest absolute Gasteiger partial charge is 0.280 e. The second-order valence-corrected chi connectivity index (χ2v) is 6.36. The number of quaternary nitrogens is 1. The maximum atomic E-state index is 12.4. The molecule has 0 aliphatic carbocycles. The van der Waals surface area contributed by atoms with Crippen LogP contribution in [0.4, 0.5) is 5.82 Å². The lowest BCUT2D eigenvalue weighted by Crippen LogP contribution is -3.08. The first-order valence-electron chi connectivity index (χ1n) is 8.28. The van der Waals surface area contributed by atoms with Crippen LogP contribution in [-0.4, -0.2) is 29.3 Å². The van der Waals surface area contributed by atoms with Crippen molar-refractivity contribution < 1.29 is 14.1 Å². The number of aryl methyl sites for hydroxylation is 2. The molecule has 0 saturated heterocycles. The van der Waals surface area contributed by atoms with Gasteiger partial charge >= 0.3 is 0 Å². The first-order valence-corrected chi connectivity index (χ1v) is 8.28. The Hall–Kier alpha value is -2.86. The van der Waals surface area contributed by atoms with Gasteiger partial charge in [0, 0.05) is 6.07 Å². The molecule has 0 aliphatic rings. The molecule has 130 valence electrons. The van der Waals surface area contributed by atoms with Gasteiger partial charge < -0.3 is 14.6 Å². The SMILES string of the molecule is Cc1ccc(-n2nc(C)cc2NC(=O)C[NH+](C)Cc2ccco2)cc1. The second-order valence-electron chi connectivity index (χ2n) is 6.36. The van der Waals surface area contributed by atoms with Crippen LogP contribution in [0.15, 0.2) is 53.1 Å². The van der Waals surface area contributed by atoms with Crippen molar-refractivity contribution >= 4 is 11.7 Å². The molecule has 1 amide bonds. The molecule has 2 N–H and O–H groups in total. The summed E-state index contributed by atoms with van der Waals surface area (Å²) in [5, 5.41) is 7.45. The molecule has 1 unspecified atom stereocenters. The van der Waals surface area contributed by atoms with Crippen LogP contribution in [0.25, 0.3) is 5.69 Å². The van der Waals surface area contributed by atoms with E-state index in [0.29, 0.717) is 18.9 Å². The Morgan fingerprint density at radius 2 is 2.00 bits per heavy atom. The molecule has 0 fully saturated rings. The first-order chi connectivity index (χ1) is 12.0. The van der Waals surface area contributed by atoms with Crippen molar-refractivity contribution in [1.29, 1.82) is 0 Å². The normalized spacial score (nSPS) is 12.1. The minimum absolute atomic E-state index is 0.0580. The summed E-state index contributed by atoms with van der Waals surface area (Å²) in [4.78, 5) is 13.4. The van der Waals surface area contributed by atoms with Crippen LogP contribution in [0, 0.1) is 13.8 Å². The Morgan fingerprint density at radius 1 is 1.24 bits per heavy atom. The molecule has 3 rings (SSSR count). The molecule has 25 heavy (non-hydrogen) atoms. The summed E-state index contributed by atoms with van der Waals surface area (Å²) in [6.07, 6.45) is 1.64. The van der Waals surface area contributed by atoms with Crippen LogP contribution in [-0.2, 0) is 11.3 Å². The average Bonchev–Trinajstić information content (AvgIpc) is 3.17. The highest BCUT2D eigenvalue weighted by molar-refractivity contribution is 5.91. The summed E-state index contributed by atoms with van der Waals surface area (Å²) in [5.74, 6) is 1.49. The highest BCUT2D eigenvalue weighted by Crippen LogP contribution is 2.17. The number of amides is 1. The molecule has 0 spiro atoms. The number of hydrogen-bond donors (Lipinski definition) is 2. The van der Waals surface area contributed by atoms with Crippen LogP contribution in [0.1, 0.15) is 17.0 Å². The fourth-order valence-electron chi connectivity index (χ4n) is 2.71. The van der Waals surface area contributed by atoms with E-state index in [1.165, 1.54) is 5.56 Å². The highest BCUT2D eigenvalue weighted by Gasteiger charge is 2.15. The summed E-state index contributed by atoms with van der Waals surface area (Å²) in [7, 11) is 1.96. The molecule has 2 aromatic heterocycles. The van der Waals surface area contributed by atoms with Crippen molar-refractivity contribution in [3.8, 4) is 5.69 Å². The summed E-state index contributed by atoms with van der Waals surface area (Å²) < 4.78 is 7.09. The zero-order valence-electron chi connectivity index (χ0n) is 14.7. The minimum atomic E-state index is -0.0580. The topological polar surface area (TPSA) is 64.5 Å². The van der Waals surface area contributed by atoms with Crippen LogP contribution in [0.5, 0.6) is 0 Å². The van der Waals surface area contributed by atoms with E-state index in [9.17, 15) is 4.79 Å². The number of hydrogen-bond acceptors (Lipinski definition) is 3. The van der Waals surface area contributed by atoms with Gasteiger partial charge in [0.1, 0.15) is 12.4 Å². The van der Waals surface area contributed by atoms with E-state index in [1.54, 1.807) is 10.9 Å². The molecule has 1 atom stereocenters. The number of benzene rings is 1. The van der Waals surface area contributed by atoms with Gasteiger partial charge in [-0.1, -0.05) is 17.7 Å². The Bertz CT molecular complexity index is 835. The molecule has 6 heteroatoms. The number of nitrogens with zero attached hydrogens (tertiary/aromatic N) is 2. The van der Waals surface area contributed by atoms with Gasteiger partial charge in [-0.2, -0.15) is 5.10 Å². The number of carbonyl (C=O) groups is 1. The largest absolute Gasteiger partial charge is 0.463 e. The van der Waals surface area contributed by atoms with Gasteiger partial charge in [-0.3, -0.25) is 4.79 Å². The van der Waals surface area contributed by atoms with Crippen molar-refractivity contribution in [2.24, 2.45) is 0 Å². The lowest BCUT2D eigenvalue weighted by Gasteiger charge is -2.13. The van der Waals surface area contributed by atoms with Crippen molar-refractivity contribution in [2.45, 2.75) is 20.4 Å². The number of nitrogens with one attached hydrogen (secondary N) is 2. The quantitative estimate of drug-likeness (QED) is 0.719. The Labute approximate surface area is 147 Å². The predicted octanol–water partition coefficient (Wildman–Crippen LogP) is 1.74. The third-order valence-corrected chi connectivity index (χ3v) is 3.90. The molecular weight excluding hydrogens is 316 g/mol. The fourth-order valence-corrected chi connectivity index (χ4v) is 2.71. The van der Waals surface area contributed by atoms with Crippen LogP contribution < -0.4 is 10.2 Å². The third-order valence-electron chi connectivity index (χ3n) is 3.90. The summed E-state index contributed by atoms with van der Waals surface area (Å²) >= 11 is 0. The fraction of sp³-hybridized carbons (Fsp3) is 0.263. The molecule has 3 aromatic rings. The maximum absolute atomic E-state index is 12.4. The summed E-state index contributed by atoms with van der Waals surface area (Å²) in [6, 6.07) is 13.7. The molecule has 0 saturated carbocycles. The zero-order valence-corrected chi connectivity index (χ0v) is 14.7. The molecule has 1 aromatic carbocycles. The summed E-state index contributed by atoms with van der Waals surface area (Å²) in [6.45, 7) is 4.96. The average molecular weight is 339 g/mol. The second kappa shape index (κ2) is 7.36. The number of furan rings is 1. The lowest BCUT2D eigenvalue weighted by atomic mass is 10.2. The van der Waals surface area contributed by atoms with E-state index in [2.05, 4.69) is 10.4 Å². The molecule has 0 aliphatic heterocycles. The number of likely N-dealkylation sites (N-methyl/N-ethyl adjacent to an activating group) is 1. The summed E-state index contributed by atoms with van der Waals surface area (Å²) in [5.41, 5.74) is 2.96. The number of rotatable bonds is 6. The monoisotopic (exact) mass is 339 g/mol. The van der Waals surface area contributed by atoms with Gasteiger partial charge in [0.05, 0.1) is 24.7 Å². The van der Waals surface area contributed by atoms with Gasteiger partial charge in [-0.25, -0.2) is 4.68 Å². The molecule has 0 bridgehead atoms. The van der Waals surface area contributed by atoms with E-state index < -0.39 is 0 Å². The predicted molar refractivity (Wildman–Crippen MR) is 95.8 cm³/mol. The molecule has 0 radical (unpaired) electrons. The van der Waals surface area contributed by atoms with Gasteiger partial charge in [0.2, 0.25) is 0 Å². The Morgan fingerprint density at radius 3 is 2.68 bits per heavy atom. The zero-order chi connectivity index (χ0) is 17.8. The van der Waals surface area contributed by atoms with Gasteiger partial charge in [0.25, 0.3) is 5.91 Å². The van der Waals surface area contributed by atoms with Crippen molar-refractivity contribution in [2.75, 3.05) is 18.9 Å². The van der Waals surface area contributed by atoms with Crippen LogP contribution in [0.3, 0.4) is 0 Å². The minimum Gasteiger partial charge on any atom is -0.463 e. The van der Waals surface area contributed by atoms with Gasteiger partial charge in [-0.15, -0.1) is 0 Å². The van der Waals surface area contributed by atoms with Gasteiger partial charge in [-0.05, 0) is 38.1 Å². The molecule has 6 nitrogen and oxygen atoms in total. The number of aromatic nitrogens is 2. The van der Waals surface area contributed by atoms with E-state index in [0.717, 1.165) is 22.0 Å². The van der Waals surface area contributed by atoms with Crippen molar-refractivity contribution in [3.63, 3.8) is 0 Å². The lowest BCUT2D eigenvalue weighted by molar-refractivity contribution is -0.886. The Kier molecular flexibility index (Phi) is 5.00. The van der Waals surface area contributed by atoms with Crippen molar-refractivity contribution in [1.82, 2.24) is 9.78 Å².